The third-order valence-electron chi connectivity index (χ3n) is 2.94. The first-order valence-corrected chi connectivity index (χ1v) is 6.70. The predicted molar refractivity (Wildman–Crippen MR) is 73.6 cm³/mol. The molecule has 0 amide bonds. The van der Waals surface area contributed by atoms with E-state index in [4.69, 9.17) is 5.73 Å². The topological polar surface area (TPSA) is 98.3 Å². The molecule has 3 aromatic heterocycles. The Labute approximate surface area is 113 Å². The van der Waals surface area contributed by atoms with E-state index in [1.54, 1.807) is 22.8 Å². The number of anilines is 1. The number of thioether (sulfide) groups is 1. The van der Waals surface area contributed by atoms with Crippen molar-refractivity contribution in [1.82, 2.24) is 29.7 Å². The monoisotopic (exact) mass is 275 g/mol. The summed E-state index contributed by atoms with van der Waals surface area (Å²) < 4.78 is 1.69. The summed E-state index contributed by atoms with van der Waals surface area (Å²) in [5.41, 5.74) is 9.51. The minimum atomic E-state index is 0.674. The minimum absolute atomic E-state index is 0.674. The van der Waals surface area contributed by atoms with Gasteiger partial charge in [-0.25, -0.2) is 15.0 Å². The van der Waals surface area contributed by atoms with Gasteiger partial charge in [0.15, 0.2) is 5.65 Å². The lowest BCUT2D eigenvalue weighted by Crippen LogP contribution is -1.99. The van der Waals surface area contributed by atoms with E-state index >= 15 is 0 Å². The number of aromatic amines is 1. The number of hydrogen-bond acceptors (Lipinski definition) is 6. The molecule has 0 aromatic carbocycles. The van der Waals surface area contributed by atoms with Gasteiger partial charge >= 0.3 is 0 Å². The lowest BCUT2D eigenvalue weighted by atomic mass is 10.3. The van der Waals surface area contributed by atoms with Crippen LogP contribution in [0.15, 0.2) is 17.7 Å². The molecule has 3 N–H and O–H groups in total. The normalized spacial score (nSPS) is 11.3. The summed E-state index contributed by atoms with van der Waals surface area (Å²) in [7, 11) is 1.84. The zero-order valence-electron chi connectivity index (χ0n) is 10.6. The number of H-pyrrole nitrogens is 1. The zero-order chi connectivity index (χ0) is 13.4. The fraction of sp³-hybridized carbons (Fsp3) is 0.273. The van der Waals surface area contributed by atoms with Crippen molar-refractivity contribution in [1.29, 1.82) is 0 Å². The Hall–Kier alpha value is -2.09. The third-order valence-corrected chi connectivity index (χ3v) is 3.95. The smallest absolute Gasteiger partial charge is 0.181 e. The predicted octanol–water partition coefficient (Wildman–Crippen LogP) is 1.27. The summed E-state index contributed by atoms with van der Waals surface area (Å²) in [6.45, 7) is 1.96. The van der Waals surface area contributed by atoms with Gasteiger partial charge in [-0.1, -0.05) is 11.8 Å². The SMILES string of the molecule is Cc1nn(C)c(N)c1CSc1ncnc2nc[nH]c12. The van der Waals surface area contributed by atoms with E-state index in [0.29, 0.717) is 11.5 Å². The zero-order valence-corrected chi connectivity index (χ0v) is 11.4. The van der Waals surface area contributed by atoms with Gasteiger partial charge in [0.05, 0.1) is 12.0 Å². The number of aryl methyl sites for hydroxylation is 2. The molecule has 98 valence electrons. The molecule has 3 aromatic rings. The third kappa shape index (κ3) is 2.03. The van der Waals surface area contributed by atoms with E-state index in [2.05, 4.69) is 25.0 Å². The first-order chi connectivity index (χ1) is 9.16. The lowest BCUT2D eigenvalue weighted by molar-refractivity contribution is 0.767. The molecule has 0 bridgehead atoms. The summed E-state index contributed by atoms with van der Waals surface area (Å²) in [6.07, 6.45) is 3.14. The highest BCUT2D eigenvalue weighted by Crippen LogP contribution is 2.28. The van der Waals surface area contributed by atoms with Crippen molar-refractivity contribution >= 4 is 28.7 Å². The van der Waals surface area contributed by atoms with Crippen molar-refractivity contribution in [3.8, 4) is 0 Å². The molecule has 0 aliphatic carbocycles. The van der Waals surface area contributed by atoms with Crippen molar-refractivity contribution in [3.63, 3.8) is 0 Å². The molecular weight excluding hydrogens is 262 g/mol. The minimum Gasteiger partial charge on any atom is -0.384 e. The molecule has 0 unspecified atom stereocenters. The average Bonchev–Trinajstić information content (AvgIpc) is 2.95. The summed E-state index contributed by atoms with van der Waals surface area (Å²) in [6, 6.07) is 0. The number of nitrogens with one attached hydrogen (secondary N) is 1. The standard InChI is InChI=1S/C11H13N7S/c1-6-7(9(12)18(2)17-6)3-19-11-8-10(14-4-13-8)15-5-16-11/h4-5H,3,12H2,1-2H3,(H,13,14,15,16). The van der Waals surface area contributed by atoms with Gasteiger partial charge in [0, 0.05) is 18.4 Å². The number of rotatable bonds is 3. The molecule has 0 atom stereocenters. The van der Waals surface area contributed by atoms with Crippen LogP contribution >= 0.6 is 11.8 Å². The molecule has 0 spiro atoms. The van der Waals surface area contributed by atoms with Crippen LogP contribution in [-0.4, -0.2) is 29.7 Å². The molecule has 0 saturated carbocycles. The molecule has 0 fully saturated rings. The Balaban J connectivity index is 1.88. The number of hydrogen-bond donors (Lipinski definition) is 2. The van der Waals surface area contributed by atoms with E-state index in [-0.39, 0.29) is 0 Å². The maximum absolute atomic E-state index is 5.99. The van der Waals surface area contributed by atoms with Gasteiger partial charge in [-0.3, -0.25) is 4.68 Å². The highest BCUT2D eigenvalue weighted by atomic mass is 32.2. The molecule has 3 heterocycles. The second-order valence-corrected chi connectivity index (χ2v) is 5.11. The van der Waals surface area contributed by atoms with Gasteiger partial charge in [0.2, 0.25) is 0 Å². The van der Waals surface area contributed by atoms with Crippen molar-refractivity contribution < 1.29 is 0 Å². The van der Waals surface area contributed by atoms with Crippen LogP contribution in [0.25, 0.3) is 11.2 Å². The molecule has 8 heteroatoms. The Morgan fingerprint density at radius 3 is 2.95 bits per heavy atom. The molecule has 0 saturated heterocycles. The van der Waals surface area contributed by atoms with Gasteiger partial charge < -0.3 is 10.7 Å². The first-order valence-electron chi connectivity index (χ1n) is 5.71. The maximum atomic E-state index is 5.99. The Bertz CT molecular complexity index is 730. The number of nitrogens with two attached hydrogens (primary N) is 1. The van der Waals surface area contributed by atoms with E-state index in [1.165, 1.54) is 6.33 Å². The van der Waals surface area contributed by atoms with Crippen LogP contribution in [0.3, 0.4) is 0 Å². The number of nitrogen functional groups attached to an aromatic ring is 1. The second kappa shape index (κ2) is 4.54. The number of nitrogens with zero attached hydrogens (tertiary/aromatic N) is 5. The van der Waals surface area contributed by atoms with E-state index in [9.17, 15) is 0 Å². The molecule has 0 aliphatic heterocycles. The van der Waals surface area contributed by atoms with Crippen molar-refractivity contribution in [2.75, 3.05) is 5.73 Å². The van der Waals surface area contributed by atoms with Crippen LogP contribution in [0.4, 0.5) is 5.82 Å². The fourth-order valence-corrected chi connectivity index (χ4v) is 2.95. The number of imidazole rings is 1. The Morgan fingerprint density at radius 1 is 1.37 bits per heavy atom. The Morgan fingerprint density at radius 2 is 2.21 bits per heavy atom. The van der Waals surface area contributed by atoms with Gasteiger partial charge in [-0.05, 0) is 6.92 Å². The van der Waals surface area contributed by atoms with Crippen molar-refractivity contribution in [2.45, 2.75) is 17.7 Å². The molecule has 0 radical (unpaired) electrons. The largest absolute Gasteiger partial charge is 0.384 e. The van der Waals surface area contributed by atoms with Gasteiger partial charge in [0.1, 0.15) is 22.7 Å². The van der Waals surface area contributed by atoms with Crippen LogP contribution in [0.1, 0.15) is 11.3 Å². The van der Waals surface area contributed by atoms with Gasteiger partial charge in [0.25, 0.3) is 0 Å². The molecule has 3 rings (SSSR count). The quantitative estimate of drug-likeness (QED) is 0.551. The average molecular weight is 275 g/mol. The summed E-state index contributed by atoms with van der Waals surface area (Å²) in [4.78, 5) is 15.5. The summed E-state index contributed by atoms with van der Waals surface area (Å²) >= 11 is 1.59. The van der Waals surface area contributed by atoms with Crippen LogP contribution in [0.2, 0.25) is 0 Å². The van der Waals surface area contributed by atoms with E-state index in [0.717, 1.165) is 27.6 Å². The summed E-state index contributed by atoms with van der Waals surface area (Å²) in [5.74, 6) is 1.41. The lowest BCUT2D eigenvalue weighted by Gasteiger charge is -2.02. The fourth-order valence-electron chi connectivity index (χ4n) is 1.89. The summed E-state index contributed by atoms with van der Waals surface area (Å²) in [5, 5.41) is 5.17. The van der Waals surface area contributed by atoms with Crippen LogP contribution in [0.5, 0.6) is 0 Å². The van der Waals surface area contributed by atoms with E-state index < -0.39 is 0 Å². The van der Waals surface area contributed by atoms with E-state index in [1.807, 2.05) is 14.0 Å². The molecule has 0 aliphatic rings. The first kappa shape index (κ1) is 12.0. The van der Waals surface area contributed by atoms with Crippen LogP contribution < -0.4 is 5.73 Å². The number of fused-ring (bicyclic) bond motifs is 1. The maximum Gasteiger partial charge on any atom is 0.181 e. The highest BCUT2D eigenvalue weighted by molar-refractivity contribution is 7.98. The van der Waals surface area contributed by atoms with Crippen molar-refractivity contribution in [3.05, 3.63) is 23.9 Å². The highest BCUT2D eigenvalue weighted by Gasteiger charge is 2.12. The number of aromatic nitrogens is 6. The second-order valence-electron chi connectivity index (χ2n) is 4.14. The molecule has 19 heavy (non-hydrogen) atoms. The van der Waals surface area contributed by atoms with Crippen LogP contribution in [-0.2, 0) is 12.8 Å². The van der Waals surface area contributed by atoms with Crippen molar-refractivity contribution in [2.24, 2.45) is 7.05 Å². The van der Waals surface area contributed by atoms with Gasteiger partial charge in [-0.2, -0.15) is 5.10 Å². The van der Waals surface area contributed by atoms with Gasteiger partial charge in [-0.15, -0.1) is 0 Å². The Kier molecular flexibility index (Phi) is 2.86. The molecule has 7 nitrogen and oxygen atoms in total. The van der Waals surface area contributed by atoms with Crippen LogP contribution in [0, 0.1) is 6.92 Å². The molecular formula is C11H13N7S.